The van der Waals surface area contributed by atoms with E-state index in [-0.39, 0.29) is 0 Å². The Hall–Kier alpha value is -0.610. The summed E-state index contributed by atoms with van der Waals surface area (Å²) in [7, 11) is 0. The predicted molar refractivity (Wildman–Crippen MR) is 60.6 cm³/mol. The molecule has 13 heavy (non-hydrogen) atoms. The Morgan fingerprint density at radius 2 is 2.15 bits per heavy atom. The first-order valence-electron chi connectivity index (χ1n) is 4.06. The largest absolute Gasteiger partial charge is 0.360 e. The molecule has 1 unspecified atom stereocenters. The van der Waals surface area contributed by atoms with E-state index in [1.54, 1.807) is 0 Å². The van der Waals surface area contributed by atoms with Gasteiger partial charge in [0, 0.05) is 11.0 Å². The van der Waals surface area contributed by atoms with Crippen LogP contribution in [0, 0.1) is 0 Å². The molecule has 0 saturated carbocycles. The number of rotatable bonds is 1. The van der Waals surface area contributed by atoms with Gasteiger partial charge in [-0.2, -0.15) is 0 Å². The van der Waals surface area contributed by atoms with Crippen molar-refractivity contribution in [2.24, 2.45) is 0 Å². The van der Waals surface area contributed by atoms with Gasteiger partial charge in [0.05, 0.1) is 6.04 Å². The lowest BCUT2D eigenvalue weighted by molar-refractivity contribution is 0.704. The van der Waals surface area contributed by atoms with Crippen molar-refractivity contribution in [3.63, 3.8) is 0 Å². The summed E-state index contributed by atoms with van der Waals surface area (Å²) in [4.78, 5) is 0. The van der Waals surface area contributed by atoms with Gasteiger partial charge in [-0.3, -0.25) is 0 Å². The molecule has 1 aromatic carbocycles. The van der Waals surface area contributed by atoms with Crippen molar-refractivity contribution in [2.75, 3.05) is 6.54 Å². The van der Waals surface area contributed by atoms with Crippen LogP contribution in [-0.4, -0.2) is 11.7 Å². The highest BCUT2D eigenvalue weighted by molar-refractivity contribution is 9.10. The van der Waals surface area contributed by atoms with E-state index in [0.29, 0.717) is 6.04 Å². The molecule has 2 nitrogen and oxygen atoms in total. The van der Waals surface area contributed by atoms with Gasteiger partial charge in [-0.15, -0.1) is 0 Å². The minimum atomic E-state index is 0.295. The molecule has 1 aromatic rings. The third-order valence-corrected chi connectivity index (χ3v) is 3.04. The van der Waals surface area contributed by atoms with E-state index in [0.717, 1.165) is 16.1 Å². The van der Waals surface area contributed by atoms with Gasteiger partial charge in [0.1, 0.15) is 0 Å². The maximum atomic E-state index is 5.00. The number of nitrogens with one attached hydrogen (secondary N) is 2. The van der Waals surface area contributed by atoms with E-state index < -0.39 is 0 Å². The lowest BCUT2D eigenvalue weighted by atomic mass is 10.1. The fourth-order valence-corrected chi connectivity index (χ4v) is 2.19. The Balaban J connectivity index is 2.26. The second-order valence-corrected chi connectivity index (χ2v) is 4.19. The SMILES string of the molecule is S=C1NCC(c2ccccc2Br)N1. The number of benzene rings is 1. The van der Waals surface area contributed by atoms with Gasteiger partial charge < -0.3 is 10.6 Å². The van der Waals surface area contributed by atoms with Crippen LogP contribution in [0.3, 0.4) is 0 Å². The van der Waals surface area contributed by atoms with Crippen LogP contribution in [0.4, 0.5) is 0 Å². The number of thiocarbonyl (C=S) groups is 1. The molecule has 0 radical (unpaired) electrons. The average molecular weight is 257 g/mol. The molecular weight excluding hydrogens is 248 g/mol. The zero-order chi connectivity index (χ0) is 9.26. The van der Waals surface area contributed by atoms with Gasteiger partial charge in [0.2, 0.25) is 0 Å². The maximum absolute atomic E-state index is 5.00. The molecule has 0 amide bonds. The molecule has 4 heteroatoms. The van der Waals surface area contributed by atoms with Crippen LogP contribution in [0.5, 0.6) is 0 Å². The summed E-state index contributed by atoms with van der Waals surface area (Å²) in [6.07, 6.45) is 0. The van der Waals surface area contributed by atoms with Gasteiger partial charge >= 0.3 is 0 Å². The molecule has 2 N–H and O–H groups in total. The number of hydrogen-bond acceptors (Lipinski definition) is 1. The number of hydrogen-bond donors (Lipinski definition) is 2. The van der Waals surface area contributed by atoms with E-state index in [9.17, 15) is 0 Å². The van der Waals surface area contributed by atoms with Crippen molar-refractivity contribution in [3.8, 4) is 0 Å². The van der Waals surface area contributed by atoms with Gasteiger partial charge in [-0.05, 0) is 23.8 Å². The Morgan fingerprint density at radius 3 is 2.77 bits per heavy atom. The van der Waals surface area contributed by atoms with Crippen LogP contribution in [0.2, 0.25) is 0 Å². The average Bonchev–Trinajstić information content (AvgIpc) is 2.53. The van der Waals surface area contributed by atoms with Crippen LogP contribution < -0.4 is 10.6 Å². The summed E-state index contributed by atoms with van der Waals surface area (Å²) in [6, 6.07) is 8.47. The highest BCUT2D eigenvalue weighted by Crippen LogP contribution is 2.24. The van der Waals surface area contributed by atoms with Crippen LogP contribution in [0.15, 0.2) is 28.7 Å². The highest BCUT2D eigenvalue weighted by Gasteiger charge is 2.20. The summed E-state index contributed by atoms with van der Waals surface area (Å²) in [5.41, 5.74) is 1.25. The van der Waals surface area contributed by atoms with Crippen molar-refractivity contribution in [3.05, 3.63) is 34.3 Å². The second kappa shape index (κ2) is 3.64. The molecule has 1 atom stereocenters. The normalized spacial score (nSPS) is 21.0. The maximum Gasteiger partial charge on any atom is 0.166 e. The quantitative estimate of drug-likeness (QED) is 0.752. The molecule has 1 saturated heterocycles. The Morgan fingerprint density at radius 1 is 1.38 bits per heavy atom. The molecule has 0 spiro atoms. The zero-order valence-corrected chi connectivity index (χ0v) is 9.28. The first-order valence-corrected chi connectivity index (χ1v) is 5.26. The fourth-order valence-electron chi connectivity index (χ4n) is 1.40. The molecule has 1 aliphatic rings. The Kier molecular flexibility index (Phi) is 2.51. The van der Waals surface area contributed by atoms with E-state index >= 15 is 0 Å². The molecule has 0 aromatic heterocycles. The number of halogens is 1. The summed E-state index contributed by atoms with van der Waals surface area (Å²) in [5.74, 6) is 0. The van der Waals surface area contributed by atoms with Gasteiger partial charge in [-0.25, -0.2) is 0 Å². The first kappa shape index (κ1) is 8.97. The lowest BCUT2D eigenvalue weighted by Crippen LogP contribution is -2.21. The van der Waals surface area contributed by atoms with Crippen molar-refractivity contribution in [2.45, 2.75) is 6.04 Å². The molecule has 0 bridgehead atoms. The van der Waals surface area contributed by atoms with Crippen LogP contribution in [0.25, 0.3) is 0 Å². The molecule has 1 heterocycles. The van der Waals surface area contributed by atoms with E-state index in [4.69, 9.17) is 12.2 Å². The summed E-state index contributed by atoms with van der Waals surface area (Å²) in [6.45, 7) is 0.863. The van der Waals surface area contributed by atoms with Crippen molar-refractivity contribution in [1.29, 1.82) is 0 Å². The topological polar surface area (TPSA) is 24.1 Å². The minimum absolute atomic E-state index is 0.295. The van der Waals surface area contributed by atoms with Crippen LogP contribution in [-0.2, 0) is 0 Å². The van der Waals surface area contributed by atoms with Gasteiger partial charge in [0.15, 0.2) is 5.11 Å². The molecular formula is C9H9BrN2S. The fraction of sp³-hybridized carbons (Fsp3) is 0.222. The van der Waals surface area contributed by atoms with Crippen molar-refractivity contribution < 1.29 is 0 Å². The second-order valence-electron chi connectivity index (χ2n) is 2.93. The van der Waals surface area contributed by atoms with E-state index in [1.807, 2.05) is 18.2 Å². The third kappa shape index (κ3) is 1.84. The summed E-state index contributed by atoms with van der Waals surface area (Å²) >= 11 is 8.52. The zero-order valence-electron chi connectivity index (χ0n) is 6.88. The summed E-state index contributed by atoms with van der Waals surface area (Å²) in [5, 5.41) is 7.03. The molecule has 68 valence electrons. The van der Waals surface area contributed by atoms with Crippen LogP contribution in [0.1, 0.15) is 11.6 Å². The minimum Gasteiger partial charge on any atom is -0.360 e. The first-order chi connectivity index (χ1) is 6.27. The predicted octanol–water partition coefficient (Wildman–Crippen LogP) is 1.97. The Bertz CT molecular complexity index is 340. The smallest absolute Gasteiger partial charge is 0.166 e. The van der Waals surface area contributed by atoms with Crippen LogP contribution >= 0.6 is 28.1 Å². The standard InChI is InChI=1S/C9H9BrN2S/c10-7-4-2-1-3-6(7)8-5-11-9(13)12-8/h1-4,8H,5H2,(H2,11,12,13). The van der Waals surface area contributed by atoms with Crippen molar-refractivity contribution >= 4 is 33.3 Å². The molecule has 0 aliphatic carbocycles. The van der Waals surface area contributed by atoms with Crippen molar-refractivity contribution in [1.82, 2.24) is 10.6 Å². The summed E-state index contributed by atoms with van der Waals surface area (Å²) < 4.78 is 1.12. The lowest BCUT2D eigenvalue weighted by Gasteiger charge is -2.10. The Labute approximate surface area is 90.8 Å². The monoisotopic (exact) mass is 256 g/mol. The molecule has 2 rings (SSSR count). The van der Waals surface area contributed by atoms with Gasteiger partial charge in [-0.1, -0.05) is 34.1 Å². The molecule has 1 aliphatic heterocycles. The van der Waals surface area contributed by atoms with E-state index in [2.05, 4.69) is 32.6 Å². The highest BCUT2D eigenvalue weighted by atomic mass is 79.9. The van der Waals surface area contributed by atoms with E-state index in [1.165, 1.54) is 5.56 Å². The molecule has 1 fully saturated rings. The van der Waals surface area contributed by atoms with Gasteiger partial charge in [0.25, 0.3) is 0 Å². The third-order valence-electron chi connectivity index (χ3n) is 2.05.